The summed E-state index contributed by atoms with van der Waals surface area (Å²) in [5, 5.41) is 0.656. The Balaban J connectivity index is 1.45. The topological polar surface area (TPSA) is 77.3 Å². The maximum Gasteiger partial charge on any atom is 0.243 e. The van der Waals surface area contributed by atoms with Crippen LogP contribution >= 0.6 is 23.2 Å². The van der Waals surface area contributed by atoms with E-state index in [1.807, 2.05) is 36.4 Å². The number of imidazole rings is 1. The molecule has 0 spiro atoms. The van der Waals surface area contributed by atoms with Crippen LogP contribution in [0.3, 0.4) is 0 Å². The first kappa shape index (κ1) is 23.1. The molecule has 0 atom stereocenters. The van der Waals surface area contributed by atoms with E-state index >= 15 is 0 Å². The molecule has 0 N–H and O–H groups in total. The monoisotopic (exact) mass is 516 g/mol. The summed E-state index contributed by atoms with van der Waals surface area (Å²) >= 11 is 12.4. The van der Waals surface area contributed by atoms with Crippen molar-refractivity contribution < 1.29 is 13.2 Å². The smallest absolute Gasteiger partial charge is 0.243 e. The lowest BCUT2D eigenvalue weighted by Crippen LogP contribution is -2.39. The molecule has 0 saturated carbocycles. The molecule has 10 heteroatoms. The molecule has 7 nitrogen and oxygen atoms in total. The number of sulfonamides is 1. The molecular weight excluding hydrogens is 495 g/mol. The van der Waals surface area contributed by atoms with Crippen LogP contribution in [0, 0.1) is 0 Å². The Hall–Kier alpha value is -2.65. The number of rotatable bonds is 5. The molecular formula is C24H22Cl2N4O3S. The molecule has 1 saturated heterocycles. The van der Waals surface area contributed by atoms with E-state index in [1.54, 1.807) is 12.1 Å². The molecule has 1 aliphatic heterocycles. The fraction of sp³-hybridized carbons (Fsp3) is 0.250. The van der Waals surface area contributed by atoms with Crippen molar-refractivity contribution in [1.82, 2.24) is 18.8 Å². The van der Waals surface area contributed by atoms with Gasteiger partial charge in [-0.25, -0.2) is 18.4 Å². The second-order valence-electron chi connectivity index (χ2n) is 8.08. The summed E-state index contributed by atoms with van der Waals surface area (Å²) in [6.45, 7) is 0.732. The fourth-order valence-corrected chi connectivity index (χ4v) is 6.35. The highest BCUT2D eigenvalue weighted by atomic mass is 35.5. The summed E-state index contributed by atoms with van der Waals surface area (Å²) in [5.41, 5.74) is 2.43. The average molecular weight is 517 g/mol. The van der Waals surface area contributed by atoms with Crippen molar-refractivity contribution >= 4 is 44.4 Å². The molecule has 0 unspecified atom stereocenters. The summed E-state index contributed by atoms with van der Waals surface area (Å²) in [7, 11) is -2.19. The molecule has 2 aromatic heterocycles. The summed E-state index contributed by atoms with van der Waals surface area (Å²) in [4.78, 5) is 9.53. The van der Waals surface area contributed by atoms with Gasteiger partial charge in [0.25, 0.3) is 0 Å². The van der Waals surface area contributed by atoms with Crippen LogP contribution in [0.15, 0.2) is 65.6 Å². The van der Waals surface area contributed by atoms with Gasteiger partial charge in [0.15, 0.2) is 5.65 Å². The number of halogens is 2. The van der Waals surface area contributed by atoms with Gasteiger partial charge in [0.2, 0.25) is 10.0 Å². The molecule has 0 radical (unpaired) electrons. The van der Waals surface area contributed by atoms with Crippen LogP contribution in [0.5, 0.6) is 5.75 Å². The number of ether oxygens (including phenoxy) is 1. The zero-order valence-corrected chi connectivity index (χ0v) is 20.7. The van der Waals surface area contributed by atoms with Crippen molar-refractivity contribution in [2.24, 2.45) is 0 Å². The van der Waals surface area contributed by atoms with Gasteiger partial charge in [-0.1, -0.05) is 53.5 Å². The number of aromatic nitrogens is 3. The predicted molar refractivity (Wildman–Crippen MR) is 133 cm³/mol. The van der Waals surface area contributed by atoms with Crippen molar-refractivity contribution in [3.05, 3.63) is 70.8 Å². The number of hydrogen-bond acceptors (Lipinski definition) is 5. The highest BCUT2D eigenvalue weighted by molar-refractivity contribution is 7.89. The second-order valence-corrected chi connectivity index (χ2v) is 10.8. The van der Waals surface area contributed by atoms with Crippen molar-refractivity contribution in [2.45, 2.75) is 23.8 Å². The Morgan fingerprint density at radius 3 is 2.38 bits per heavy atom. The highest BCUT2D eigenvalue weighted by Crippen LogP contribution is 2.35. The summed E-state index contributed by atoms with van der Waals surface area (Å²) < 4.78 is 35.3. The first-order valence-corrected chi connectivity index (χ1v) is 13.0. The number of piperidine rings is 1. The number of methoxy groups -OCH3 is 1. The van der Waals surface area contributed by atoms with E-state index in [0.29, 0.717) is 42.5 Å². The van der Waals surface area contributed by atoms with Crippen molar-refractivity contribution in [1.29, 1.82) is 0 Å². The number of benzene rings is 2. The normalized spacial score (nSPS) is 15.6. The summed E-state index contributed by atoms with van der Waals surface area (Å²) in [6.07, 6.45) is 1.23. The molecule has 1 fully saturated rings. The van der Waals surface area contributed by atoms with Gasteiger partial charge in [-0.2, -0.15) is 4.31 Å². The third-order valence-electron chi connectivity index (χ3n) is 6.08. The first-order chi connectivity index (χ1) is 16.4. The molecule has 3 heterocycles. The molecule has 34 heavy (non-hydrogen) atoms. The third kappa shape index (κ3) is 4.15. The maximum atomic E-state index is 13.3. The quantitative estimate of drug-likeness (QED) is 0.330. The molecule has 2 aromatic carbocycles. The van der Waals surface area contributed by atoms with E-state index in [1.165, 1.54) is 23.5 Å². The van der Waals surface area contributed by atoms with E-state index in [0.717, 1.165) is 16.9 Å². The lowest BCUT2D eigenvalue weighted by atomic mass is 10.1. The number of fused-ring (bicyclic) bond motifs is 1. The minimum Gasteiger partial charge on any atom is -0.495 e. The Kier molecular flexibility index (Phi) is 6.24. The van der Waals surface area contributed by atoms with Gasteiger partial charge in [-0.3, -0.25) is 0 Å². The van der Waals surface area contributed by atoms with Gasteiger partial charge in [-0.15, -0.1) is 0 Å². The first-order valence-electron chi connectivity index (χ1n) is 10.8. The lowest BCUT2D eigenvalue weighted by molar-refractivity contribution is 0.278. The van der Waals surface area contributed by atoms with Crippen molar-refractivity contribution in [3.63, 3.8) is 0 Å². The number of pyridine rings is 1. The van der Waals surface area contributed by atoms with Crippen LogP contribution in [-0.4, -0.2) is 47.5 Å². The van der Waals surface area contributed by atoms with E-state index in [2.05, 4.69) is 9.55 Å². The molecule has 1 aliphatic rings. The van der Waals surface area contributed by atoms with E-state index < -0.39 is 10.0 Å². The fourth-order valence-electron chi connectivity index (χ4n) is 4.38. The van der Waals surface area contributed by atoms with Crippen LogP contribution in [-0.2, 0) is 10.0 Å². The van der Waals surface area contributed by atoms with Crippen LogP contribution < -0.4 is 4.74 Å². The van der Waals surface area contributed by atoms with Gasteiger partial charge < -0.3 is 9.30 Å². The summed E-state index contributed by atoms with van der Waals surface area (Å²) in [5.74, 6) is 1.24. The van der Waals surface area contributed by atoms with Crippen molar-refractivity contribution in [2.75, 3.05) is 20.2 Å². The van der Waals surface area contributed by atoms with Crippen LogP contribution in [0.2, 0.25) is 10.2 Å². The molecule has 5 rings (SSSR count). The Morgan fingerprint density at radius 2 is 1.71 bits per heavy atom. The van der Waals surface area contributed by atoms with Gasteiger partial charge >= 0.3 is 0 Å². The molecule has 0 amide bonds. The van der Waals surface area contributed by atoms with Gasteiger partial charge in [0, 0.05) is 24.7 Å². The number of nitrogens with zero attached hydrogens (tertiary/aromatic N) is 4. The van der Waals surface area contributed by atoms with Crippen LogP contribution in [0.1, 0.15) is 18.9 Å². The van der Waals surface area contributed by atoms with Gasteiger partial charge in [0.05, 0.1) is 17.0 Å². The van der Waals surface area contributed by atoms with E-state index in [-0.39, 0.29) is 16.0 Å². The summed E-state index contributed by atoms with van der Waals surface area (Å²) in [6, 6.07) is 18.0. The van der Waals surface area contributed by atoms with Crippen LogP contribution in [0.4, 0.5) is 0 Å². The molecule has 4 aromatic rings. The highest BCUT2D eigenvalue weighted by Gasteiger charge is 2.32. The Bertz CT molecular complexity index is 1450. The van der Waals surface area contributed by atoms with Crippen LogP contribution in [0.25, 0.3) is 22.6 Å². The van der Waals surface area contributed by atoms with Gasteiger partial charge in [0.1, 0.15) is 22.2 Å². The SMILES string of the molecule is COc1ccc(S(=O)(=O)N2CCC(n3c(-c4ccccc4)nc4ccc(Cl)nc43)CC2)cc1Cl. The molecule has 0 aliphatic carbocycles. The largest absolute Gasteiger partial charge is 0.495 e. The zero-order valence-electron chi connectivity index (χ0n) is 18.4. The van der Waals surface area contributed by atoms with E-state index in [9.17, 15) is 8.42 Å². The zero-order chi connectivity index (χ0) is 23.9. The van der Waals surface area contributed by atoms with Gasteiger partial charge in [-0.05, 0) is 43.2 Å². The average Bonchev–Trinajstić information content (AvgIpc) is 3.23. The standard InChI is InChI=1S/C24H22Cl2N4O3S/c1-33-21-9-7-18(15-19(21)25)34(31,32)29-13-11-17(12-14-29)30-23(16-5-3-2-4-6-16)27-20-8-10-22(26)28-24(20)30/h2-10,15,17H,11-14H2,1H3. The third-order valence-corrected chi connectivity index (χ3v) is 8.49. The number of hydrogen-bond donors (Lipinski definition) is 0. The Morgan fingerprint density at radius 1 is 0.971 bits per heavy atom. The maximum absolute atomic E-state index is 13.3. The van der Waals surface area contributed by atoms with E-state index in [4.69, 9.17) is 32.9 Å². The van der Waals surface area contributed by atoms with Crippen molar-refractivity contribution in [3.8, 4) is 17.1 Å². The lowest BCUT2D eigenvalue weighted by Gasteiger charge is -2.32. The molecule has 176 valence electrons. The minimum atomic E-state index is -3.68. The predicted octanol–water partition coefficient (Wildman–Crippen LogP) is 5.44. The minimum absolute atomic E-state index is 0.0251. The molecule has 0 bridgehead atoms. The second kappa shape index (κ2) is 9.19. The Labute approximate surface area is 208 Å².